The fourth-order valence-electron chi connectivity index (χ4n) is 2.55. The molecular weight excluding hydrogens is 226 g/mol. The van der Waals surface area contributed by atoms with E-state index in [-0.39, 0.29) is 11.9 Å². The first kappa shape index (κ1) is 15.4. The second-order valence-electron chi connectivity index (χ2n) is 5.55. The van der Waals surface area contributed by atoms with Crippen molar-refractivity contribution in [2.24, 2.45) is 5.73 Å². The van der Waals surface area contributed by atoms with Crippen LogP contribution in [-0.4, -0.2) is 42.5 Å². The Labute approximate surface area is 111 Å². The van der Waals surface area contributed by atoms with E-state index in [1.165, 1.54) is 0 Å². The molecule has 1 rings (SSSR count). The molecule has 1 amide bonds. The molecule has 1 aliphatic carbocycles. The molecule has 4 nitrogen and oxygen atoms in total. The Bertz CT molecular complexity index is 249. The number of nitrogens with zero attached hydrogens (tertiary/aromatic N) is 1. The van der Waals surface area contributed by atoms with E-state index < -0.39 is 0 Å². The molecule has 4 heteroatoms. The normalized spacial score (nSPS) is 26.1. The van der Waals surface area contributed by atoms with Gasteiger partial charge in [0.2, 0.25) is 5.91 Å². The fraction of sp³-hybridized carbons (Fsp3) is 0.929. The zero-order valence-electron chi connectivity index (χ0n) is 12.1. The van der Waals surface area contributed by atoms with Crippen LogP contribution in [0.25, 0.3) is 0 Å². The first-order chi connectivity index (χ1) is 8.56. The maximum Gasteiger partial charge on any atom is 0.237 e. The number of carbonyl (C=O) groups is 1. The third-order valence-electron chi connectivity index (χ3n) is 4.14. The van der Waals surface area contributed by atoms with Crippen molar-refractivity contribution in [3.63, 3.8) is 0 Å². The van der Waals surface area contributed by atoms with Crippen LogP contribution in [0.3, 0.4) is 0 Å². The number of hydrogen-bond acceptors (Lipinski definition) is 3. The van der Waals surface area contributed by atoms with Crippen molar-refractivity contribution in [1.82, 2.24) is 10.2 Å². The molecule has 0 heterocycles. The van der Waals surface area contributed by atoms with E-state index in [9.17, 15) is 4.79 Å². The van der Waals surface area contributed by atoms with E-state index in [0.29, 0.717) is 12.1 Å². The molecule has 3 N–H and O–H groups in total. The van der Waals surface area contributed by atoms with Crippen molar-refractivity contribution >= 4 is 5.91 Å². The smallest absolute Gasteiger partial charge is 0.237 e. The van der Waals surface area contributed by atoms with Gasteiger partial charge >= 0.3 is 0 Å². The van der Waals surface area contributed by atoms with Crippen molar-refractivity contribution in [3.05, 3.63) is 0 Å². The van der Waals surface area contributed by atoms with Gasteiger partial charge in [-0.3, -0.25) is 9.69 Å². The number of carbonyl (C=O) groups excluding carboxylic acids is 1. The van der Waals surface area contributed by atoms with E-state index in [2.05, 4.69) is 24.2 Å². The van der Waals surface area contributed by atoms with Crippen molar-refractivity contribution in [1.29, 1.82) is 0 Å². The van der Waals surface area contributed by atoms with Crippen molar-refractivity contribution in [2.45, 2.75) is 70.5 Å². The van der Waals surface area contributed by atoms with Crippen LogP contribution in [0.1, 0.15) is 52.4 Å². The lowest BCUT2D eigenvalue weighted by molar-refractivity contribution is -0.126. The monoisotopic (exact) mass is 255 g/mol. The first-order valence-electron chi connectivity index (χ1n) is 7.31. The van der Waals surface area contributed by atoms with Gasteiger partial charge in [0.05, 0.1) is 6.04 Å². The summed E-state index contributed by atoms with van der Waals surface area (Å²) in [6.45, 7) is 4.92. The van der Waals surface area contributed by atoms with E-state index in [1.54, 1.807) is 0 Å². The quantitative estimate of drug-likeness (QED) is 0.707. The molecule has 1 unspecified atom stereocenters. The van der Waals surface area contributed by atoms with Gasteiger partial charge in [-0.05, 0) is 46.1 Å². The van der Waals surface area contributed by atoms with Gasteiger partial charge in [-0.1, -0.05) is 13.3 Å². The number of rotatable bonds is 6. The molecule has 0 bridgehead atoms. The SMILES string of the molecule is CCCCNC(=O)C(C)N(C)C1CCC(N)CC1. The molecule has 0 saturated heterocycles. The predicted molar refractivity (Wildman–Crippen MR) is 75.4 cm³/mol. The van der Waals surface area contributed by atoms with Crippen LogP contribution >= 0.6 is 0 Å². The number of hydrogen-bond donors (Lipinski definition) is 2. The predicted octanol–water partition coefficient (Wildman–Crippen LogP) is 1.49. The molecule has 0 aromatic carbocycles. The molecule has 1 fully saturated rings. The summed E-state index contributed by atoms with van der Waals surface area (Å²) < 4.78 is 0. The summed E-state index contributed by atoms with van der Waals surface area (Å²) in [7, 11) is 2.06. The Kier molecular flexibility index (Phi) is 6.65. The van der Waals surface area contributed by atoms with E-state index >= 15 is 0 Å². The lowest BCUT2D eigenvalue weighted by atomic mass is 9.90. The summed E-state index contributed by atoms with van der Waals surface area (Å²) in [4.78, 5) is 14.2. The molecule has 18 heavy (non-hydrogen) atoms. The zero-order valence-corrected chi connectivity index (χ0v) is 12.1. The molecule has 0 spiro atoms. The molecule has 106 valence electrons. The van der Waals surface area contributed by atoms with Gasteiger partial charge in [0.25, 0.3) is 0 Å². The van der Waals surface area contributed by atoms with Gasteiger partial charge in [-0.15, -0.1) is 0 Å². The molecule has 0 aromatic rings. The summed E-state index contributed by atoms with van der Waals surface area (Å²) in [6, 6.07) is 0.834. The minimum Gasteiger partial charge on any atom is -0.355 e. The average molecular weight is 255 g/mol. The third-order valence-corrected chi connectivity index (χ3v) is 4.14. The number of nitrogens with one attached hydrogen (secondary N) is 1. The van der Waals surface area contributed by atoms with Crippen LogP contribution in [-0.2, 0) is 4.79 Å². The summed E-state index contributed by atoms with van der Waals surface area (Å²) in [5.74, 6) is 0.154. The second-order valence-corrected chi connectivity index (χ2v) is 5.55. The van der Waals surface area contributed by atoms with Crippen molar-refractivity contribution in [3.8, 4) is 0 Å². The topological polar surface area (TPSA) is 58.4 Å². The first-order valence-corrected chi connectivity index (χ1v) is 7.31. The second kappa shape index (κ2) is 7.74. The zero-order chi connectivity index (χ0) is 13.5. The lowest BCUT2D eigenvalue weighted by Gasteiger charge is -2.36. The van der Waals surface area contributed by atoms with Gasteiger partial charge in [-0.2, -0.15) is 0 Å². The number of nitrogens with two attached hydrogens (primary N) is 1. The summed E-state index contributed by atoms with van der Waals surface area (Å²) in [5.41, 5.74) is 5.92. The highest BCUT2D eigenvalue weighted by Gasteiger charge is 2.27. The number of likely N-dealkylation sites (N-methyl/N-ethyl adjacent to an activating group) is 1. The Morgan fingerprint density at radius 2 is 2.00 bits per heavy atom. The maximum atomic E-state index is 12.0. The molecular formula is C14H29N3O. The van der Waals surface area contributed by atoms with Crippen LogP contribution in [0, 0.1) is 0 Å². The van der Waals surface area contributed by atoms with Crippen LogP contribution in [0.15, 0.2) is 0 Å². The van der Waals surface area contributed by atoms with Crippen molar-refractivity contribution in [2.75, 3.05) is 13.6 Å². The summed E-state index contributed by atoms with van der Waals surface area (Å²) >= 11 is 0. The van der Waals surface area contributed by atoms with Crippen LogP contribution in [0.2, 0.25) is 0 Å². The molecule has 0 aromatic heterocycles. The highest BCUT2D eigenvalue weighted by atomic mass is 16.2. The van der Waals surface area contributed by atoms with Crippen LogP contribution < -0.4 is 11.1 Å². The third kappa shape index (κ3) is 4.58. The minimum atomic E-state index is -0.0406. The molecule has 0 aliphatic heterocycles. The molecule has 1 aliphatic rings. The molecule has 1 atom stereocenters. The van der Waals surface area contributed by atoms with E-state index in [0.717, 1.165) is 45.1 Å². The Hall–Kier alpha value is -0.610. The highest BCUT2D eigenvalue weighted by molar-refractivity contribution is 5.81. The van der Waals surface area contributed by atoms with E-state index in [4.69, 9.17) is 5.73 Å². The molecule has 0 radical (unpaired) electrons. The van der Waals surface area contributed by atoms with Gasteiger partial charge in [0.1, 0.15) is 0 Å². The van der Waals surface area contributed by atoms with Crippen LogP contribution in [0.4, 0.5) is 0 Å². The largest absolute Gasteiger partial charge is 0.355 e. The van der Waals surface area contributed by atoms with Crippen molar-refractivity contribution < 1.29 is 4.79 Å². The summed E-state index contributed by atoms with van der Waals surface area (Å²) in [6.07, 6.45) is 6.57. The Morgan fingerprint density at radius 3 is 2.56 bits per heavy atom. The van der Waals surface area contributed by atoms with Gasteiger partial charge < -0.3 is 11.1 Å². The maximum absolute atomic E-state index is 12.0. The fourth-order valence-corrected chi connectivity index (χ4v) is 2.55. The summed E-state index contributed by atoms with van der Waals surface area (Å²) in [5, 5.41) is 3.01. The Morgan fingerprint density at radius 1 is 1.39 bits per heavy atom. The van der Waals surface area contributed by atoms with Gasteiger partial charge in [0, 0.05) is 18.6 Å². The van der Waals surface area contributed by atoms with E-state index in [1.807, 2.05) is 6.92 Å². The minimum absolute atomic E-state index is 0.0406. The van der Waals surface area contributed by atoms with Gasteiger partial charge in [-0.25, -0.2) is 0 Å². The van der Waals surface area contributed by atoms with Gasteiger partial charge in [0.15, 0.2) is 0 Å². The number of amides is 1. The molecule has 1 saturated carbocycles. The lowest BCUT2D eigenvalue weighted by Crippen LogP contribution is -2.49. The standard InChI is InChI=1S/C14H29N3O/c1-4-5-10-16-14(18)11(2)17(3)13-8-6-12(15)7-9-13/h11-13H,4-10,15H2,1-3H3,(H,16,18). The Balaban J connectivity index is 2.35. The van der Waals surface area contributed by atoms with Crippen LogP contribution in [0.5, 0.6) is 0 Å². The average Bonchev–Trinajstić information content (AvgIpc) is 2.38. The number of unbranched alkanes of at least 4 members (excludes halogenated alkanes) is 1. The highest BCUT2D eigenvalue weighted by Crippen LogP contribution is 2.22.